The van der Waals surface area contributed by atoms with Gasteiger partial charge >= 0.3 is 5.97 Å². The first-order valence-corrected chi connectivity index (χ1v) is 5.58. The number of ether oxygens (including phenoxy) is 1. The molecule has 0 fully saturated rings. The van der Waals surface area contributed by atoms with E-state index in [0.29, 0.717) is 11.5 Å². The number of fused-ring (bicyclic) bond motifs is 1. The molecule has 94 valence electrons. The summed E-state index contributed by atoms with van der Waals surface area (Å²) in [5.41, 5.74) is 3.49. The van der Waals surface area contributed by atoms with E-state index in [1.165, 1.54) is 0 Å². The fourth-order valence-corrected chi connectivity index (χ4v) is 1.51. The van der Waals surface area contributed by atoms with Crippen LogP contribution >= 0.6 is 0 Å². The first kappa shape index (κ1) is 12.2. The minimum atomic E-state index is -0.436. The summed E-state index contributed by atoms with van der Waals surface area (Å²) in [6.45, 7) is 1.67. The minimum Gasteiger partial charge on any atom is -0.426 e. The van der Waals surface area contributed by atoms with Crippen LogP contribution < -0.4 is 15.1 Å². The van der Waals surface area contributed by atoms with E-state index in [1.54, 1.807) is 31.3 Å². The van der Waals surface area contributed by atoms with Gasteiger partial charge in [-0.1, -0.05) is 6.92 Å². The summed E-state index contributed by atoms with van der Waals surface area (Å²) in [6.07, 6.45) is 4.31. The summed E-state index contributed by atoms with van der Waals surface area (Å²) in [5, 5.41) is 0. The van der Waals surface area contributed by atoms with Crippen molar-refractivity contribution in [2.45, 2.75) is 13.3 Å². The highest BCUT2D eigenvalue weighted by molar-refractivity contribution is 5.76. The molecule has 1 unspecified atom stereocenters. The fourth-order valence-electron chi connectivity index (χ4n) is 1.51. The Labute approximate surface area is 104 Å². The van der Waals surface area contributed by atoms with Gasteiger partial charge in [0.1, 0.15) is 12.0 Å². The van der Waals surface area contributed by atoms with Gasteiger partial charge in [0.25, 0.3) is 0 Å². The number of aldehydes is 1. The summed E-state index contributed by atoms with van der Waals surface area (Å²) in [7, 11) is 0. The van der Waals surface area contributed by atoms with E-state index in [-0.39, 0.29) is 12.3 Å². The Bertz CT molecular complexity index is 496. The van der Waals surface area contributed by atoms with Crippen molar-refractivity contribution in [1.29, 1.82) is 0 Å². The molecule has 1 aliphatic rings. The molecule has 0 radical (unpaired) electrons. The number of rotatable bonds is 4. The molecule has 1 aromatic carbocycles. The van der Waals surface area contributed by atoms with Crippen molar-refractivity contribution in [3.05, 3.63) is 30.0 Å². The third-order valence-corrected chi connectivity index (χ3v) is 2.44. The van der Waals surface area contributed by atoms with Gasteiger partial charge in [0.2, 0.25) is 0 Å². The van der Waals surface area contributed by atoms with E-state index in [4.69, 9.17) is 9.57 Å². The molecule has 18 heavy (non-hydrogen) atoms. The Morgan fingerprint density at radius 1 is 1.56 bits per heavy atom. The number of benzene rings is 1. The van der Waals surface area contributed by atoms with Gasteiger partial charge in [-0.05, 0) is 18.2 Å². The highest BCUT2D eigenvalue weighted by Gasteiger charge is 2.12. The van der Waals surface area contributed by atoms with Crippen LogP contribution in [-0.4, -0.2) is 12.3 Å². The van der Waals surface area contributed by atoms with Crippen molar-refractivity contribution in [2.75, 3.05) is 0 Å². The Kier molecular flexibility index (Phi) is 3.62. The fraction of sp³-hybridized carbons (Fsp3) is 0.231. The molecule has 5 nitrogen and oxygen atoms in total. The lowest BCUT2D eigenvalue weighted by Gasteiger charge is -2.13. The molecule has 0 saturated heterocycles. The van der Waals surface area contributed by atoms with Crippen molar-refractivity contribution < 1.29 is 19.2 Å². The first-order chi connectivity index (χ1) is 8.69. The molecule has 1 N–H and O–H groups in total. The number of carbonyl (C=O) groups excluding carboxylic acids is 2. The van der Waals surface area contributed by atoms with Gasteiger partial charge in [-0.2, -0.15) is 0 Å². The van der Waals surface area contributed by atoms with Crippen LogP contribution in [0.4, 0.5) is 0 Å². The molecule has 2 rings (SSSR count). The van der Waals surface area contributed by atoms with Crippen LogP contribution in [0.15, 0.2) is 24.4 Å². The average molecular weight is 247 g/mol. The molecule has 1 atom stereocenters. The number of hydroxylamine groups is 1. The average Bonchev–Trinajstić information content (AvgIpc) is 2.38. The normalized spacial score (nSPS) is 13.8. The molecule has 0 bridgehead atoms. The predicted octanol–water partition coefficient (Wildman–Crippen LogP) is 1.68. The second-order valence-electron chi connectivity index (χ2n) is 4.04. The topological polar surface area (TPSA) is 64.6 Å². The van der Waals surface area contributed by atoms with Crippen molar-refractivity contribution in [1.82, 2.24) is 5.48 Å². The van der Waals surface area contributed by atoms with Crippen LogP contribution in [0, 0.1) is 5.92 Å². The van der Waals surface area contributed by atoms with E-state index in [1.807, 2.05) is 6.08 Å². The Morgan fingerprint density at radius 2 is 2.39 bits per heavy atom. The van der Waals surface area contributed by atoms with Gasteiger partial charge < -0.3 is 14.4 Å². The Balaban J connectivity index is 2.04. The van der Waals surface area contributed by atoms with Crippen LogP contribution in [0.25, 0.3) is 6.08 Å². The molecule has 5 heteroatoms. The van der Waals surface area contributed by atoms with Gasteiger partial charge in [0.15, 0.2) is 5.75 Å². The zero-order valence-corrected chi connectivity index (χ0v) is 9.88. The van der Waals surface area contributed by atoms with E-state index in [9.17, 15) is 9.59 Å². The SMILES string of the molecule is CC(C=O)CC(=O)Oc1ccc2c(c1)ONC=C2. The molecule has 0 saturated carbocycles. The number of carbonyl (C=O) groups is 2. The largest absolute Gasteiger partial charge is 0.426 e. The van der Waals surface area contributed by atoms with Crippen LogP contribution in [0.5, 0.6) is 11.5 Å². The van der Waals surface area contributed by atoms with Gasteiger partial charge in [-0.3, -0.25) is 4.79 Å². The summed E-state index contributed by atoms with van der Waals surface area (Å²) < 4.78 is 5.12. The van der Waals surface area contributed by atoms with E-state index in [2.05, 4.69) is 5.48 Å². The van der Waals surface area contributed by atoms with Crippen molar-refractivity contribution in [3.63, 3.8) is 0 Å². The second kappa shape index (κ2) is 5.35. The number of esters is 1. The zero-order chi connectivity index (χ0) is 13.0. The maximum atomic E-state index is 11.5. The van der Waals surface area contributed by atoms with Crippen molar-refractivity contribution >= 4 is 18.3 Å². The minimum absolute atomic E-state index is 0.0690. The summed E-state index contributed by atoms with van der Waals surface area (Å²) in [5.74, 6) is 0.213. The quantitative estimate of drug-likeness (QED) is 0.498. The van der Waals surface area contributed by atoms with Crippen LogP contribution in [0.1, 0.15) is 18.9 Å². The van der Waals surface area contributed by atoms with Gasteiger partial charge in [0.05, 0.1) is 6.42 Å². The smallest absolute Gasteiger partial charge is 0.311 e. The lowest BCUT2D eigenvalue weighted by molar-refractivity contribution is -0.136. The van der Waals surface area contributed by atoms with E-state index in [0.717, 1.165) is 11.8 Å². The highest BCUT2D eigenvalue weighted by atomic mass is 16.6. The number of nitrogens with one attached hydrogen (secondary N) is 1. The summed E-state index contributed by atoms with van der Waals surface area (Å²) in [6, 6.07) is 5.09. The standard InChI is InChI=1S/C13H13NO4/c1-9(8-15)6-13(16)17-11-3-2-10-4-5-14-18-12(10)7-11/h2-5,7-9,14H,6H2,1H3. The van der Waals surface area contributed by atoms with Crippen LogP contribution in [0.3, 0.4) is 0 Å². The van der Waals surface area contributed by atoms with Gasteiger partial charge in [-0.15, -0.1) is 0 Å². The molecule has 1 aliphatic heterocycles. The molecular formula is C13H13NO4. The molecule has 1 aromatic rings. The molecule has 0 amide bonds. The maximum Gasteiger partial charge on any atom is 0.311 e. The monoisotopic (exact) mass is 247 g/mol. The molecule has 1 heterocycles. The first-order valence-electron chi connectivity index (χ1n) is 5.58. The third kappa shape index (κ3) is 2.88. The molecule has 0 aromatic heterocycles. The number of hydrogen-bond acceptors (Lipinski definition) is 5. The van der Waals surface area contributed by atoms with Crippen LogP contribution in [-0.2, 0) is 9.59 Å². The van der Waals surface area contributed by atoms with E-state index < -0.39 is 5.97 Å². The van der Waals surface area contributed by atoms with Gasteiger partial charge in [0, 0.05) is 23.7 Å². The van der Waals surface area contributed by atoms with Gasteiger partial charge in [-0.25, -0.2) is 5.48 Å². The summed E-state index contributed by atoms with van der Waals surface area (Å²) >= 11 is 0. The zero-order valence-electron chi connectivity index (χ0n) is 9.88. The van der Waals surface area contributed by atoms with E-state index >= 15 is 0 Å². The second-order valence-corrected chi connectivity index (χ2v) is 4.04. The third-order valence-electron chi connectivity index (χ3n) is 2.44. The molecular weight excluding hydrogens is 234 g/mol. The van der Waals surface area contributed by atoms with Crippen LogP contribution in [0.2, 0.25) is 0 Å². The highest BCUT2D eigenvalue weighted by Crippen LogP contribution is 2.27. The Hall–Kier alpha value is -2.30. The lowest BCUT2D eigenvalue weighted by Crippen LogP contribution is -2.15. The van der Waals surface area contributed by atoms with Crippen molar-refractivity contribution in [3.8, 4) is 11.5 Å². The Morgan fingerprint density at radius 3 is 3.17 bits per heavy atom. The predicted molar refractivity (Wildman–Crippen MR) is 64.7 cm³/mol. The summed E-state index contributed by atoms with van der Waals surface area (Å²) in [4.78, 5) is 27.1. The molecule has 0 aliphatic carbocycles. The van der Waals surface area contributed by atoms with Crippen molar-refractivity contribution in [2.24, 2.45) is 5.92 Å². The number of hydrogen-bond donors (Lipinski definition) is 1. The lowest BCUT2D eigenvalue weighted by atomic mass is 10.1. The maximum absolute atomic E-state index is 11.5. The molecule has 0 spiro atoms.